The number of hydrogen-bond acceptors (Lipinski definition) is 5. The molecular weight excluding hydrogens is 224 g/mol. The van der Waals surface area contributed by atoms with Crippen LogP contribution in [0.5, 0.6) is 0 Å². The molecule has 0 radical (unpaired) electrons. The van der Waals surface area contributed by atoms with Gasteiger partial charge in [0.05, 0.1) is 12.2 Å². The molecule has 0 N–H and O–H groups in total. The van der Waals surface area contributed by atoms with Crippen molar-refractivity contribution in [3.05, 3.63) is 0 Å². The average Bonchev–Trinajstić information content (AvgIpc) is 1.80. The molecule has 0 saturated heterocycles. The van der Waals surface area contributed by atoms with Crippen LogP contribution in [-0.2, 0) is 9.47 Å². The third-order valence-corrected chi connectivity index (χ3v) is 2.05. The third kappa shape index (κ3) is 8.46. The summed E-state index contributed by atoms with van der Waals surface area (Å²) in [7, 11) is 0. The van der Waals surface area contributed by atoms with Gasteiger partial charge in [-0.15, -0.1) is 0 Å². The smallest absolute Gasteiger partial charge is 0.228 e. The summed E-state index contributed by atoms with van der Waals surface area (Å²) >= 11 is 11.0. The van der Waals surface area contributed by atoms with Gasteiger partial charge in [-0.05, 0) is 52.1 Å². The maximum absolute atomic E-state index is 5.23. The molecule has 5 heteroatoms. The zero-order valence-corrected chi connectivity index (χ0v) is 10.6. The van der Waals surface area contributed by atoms with Gasteiger partial charge in [0.2, 0.25) is 8.77 Å². The van der Waals surface area contributed by atoms with Gasteiger partial charge in [0.1, 0.15) is 0 Å². The minimum atomic E-state index is 0.0850. The highest BCUT2D eigenvalue weighted by Crippen LogP contribution is 2.13. The van der Waals surface area contributed by atoms with E-state index >= 15 is 0 Å². The summed E-state index contributed by atoms with van der Waals surface area (Å²) in [6.07, 6.45) is 0.170. The van der Waals surface area contributed by atoms with Gasteiger partial charge in [-0.25, -0.2) is 0 Å². The van der Waals surface area contributed by atoms with Crippen molar-refractivity contribution in [2.45, 2.75) is 39.9 Å². The Kier molecular flexibility index (Phi) is 6.63. The van der Waals surface area contributed by atoms with Crippen LogP contribution < -0.4 is 0 Å². The van der Waals surface area contributed by atoms with Gasteiger partial charge < -0.3 is 9.47 Å². The fourth-order valence-electron chi connectivity index (χ4n) is 0.501. The lowest BCUT2D eigenvalue weighted by Gasteiger charge is -2.12. The van der Waals surface area contributed by atoms with E-state index in [1.165, 1.54) is 11.8 Å². The van der Waals surface area contributed by atoms with Crippen molar-refractivity contribution in [2.75, 3.05) is 0 Å². The summed E-state index contributed by atoms with van der Waals surface area (Å²) in [5.74, 6) is 0. The normalized spacial score (nSPS) is 10.3. The number of ether oxygens (including phenoxy) is 2. The minimum Gasteiger partial charge on any atom is -0.476 e. The molecule has 0 amide bonds. The van der Waals surface area contributed by atoms with Crippen molar-refractivity contribution < 1.29 is 9.47 Å². The van der Waals surface area contributed by atoms with Gasteiger partial charge >= 0.3 is 0 Å². The van der Waals surface area contributed by atoms with Crippen molar-refractivity contribution >= 4 is 45.0 Å². The lowest BCUT2D eigenvalue weighted by molar-refractivity contribution is 0.239. The number of thioether (sulfide) groups is 1. The summed E-state index contributed by atoms with van der Waals surface area (Å²) in [5, 5.41) is 0. The Hall–Kier alpha value is 0.130. The van der Waals surface area contributed by atoms with Crippen molar-refractivity contribution in [3.63, 3.8) is 0 Å². The molecule has 0 unspecified atom stereocenters. The molecule has 0 saturated carbocycles. The first-order chi connectivity index (χ1) is 5.91. The monoisotopic (exact) mass is 238 g/mol. The van der Waals surface area contributed by atoms with Crippen LogP contribution in [0.1, 0.15) is 27.7 Å². The predicted molar refractivity (Wildman–Crippen MR) is 65.2 cm³/mol. The standard InChI is InChI=1S/C8H14O2S3/c1-5(2)9-7(11)13-8(12)10-6(3)4/h5-6H,1-4H3. The van der Waals surface area contributed by atoms with Gasteiger partial charge in [0, 0.05) is 11.8 Å². The van der Waals surface area contributed by atoms with Crippen molar-refractivity contribution in [1.29, 1.82) is 0 Å². The predicted octanol–water partition coefficient (Wildman–Crippen LogP) is 3.14. The molecule has 0 aliphatic carbocycles. The highest BCUT2D eigenvalue weighted by molar-refractivity contribution is 8.37. The average molecular weight is 238 g/mol. The SMILES string of the molecule is CC(C)OC(=S)SC(=S)OC(C)C. The van der Waals surface area contributed by atoms with E-state index in [1.807, 2.05) is 27.7 Å². The van der Waals surface area contributed by atoms with Gasteiger partial charge in [-0.3, -0.25) is 0 Å². The second-order valence-corrected chi connectivity index (χ2v) is 5.14. The maximum atomic E-state index is 5.23. The molecule has 0 bridgehead atoms. The highest BCUT2D eigenvalue weighted by atomic mass is 32.2. The summed E-state index contributed by atoms with van der Waals surface area (Å²) in [6.45, 7) is 7.66. The maximum Gasteiger partial charge on any atom is 0.228 e. The van der Waals surface area contributed by atoms with Crippen LogP contribution in [0.2, 0.25) is 0 Å². The van der Waals surface area contributed by atoms with Gasteiger partial charge in [-0.2, -0.15) is 0 Å². The molecule has 0 rings (SSSR count). The van der Waals surface area contributed by atoms with Crippen LogP contribution in [0.3, 0.4) is 0 Å². The Morgan fingerprint density at radius 2 is 1.23 bits per heavy atom. The first-order valence-corrected chi connectivity index (χ1v) is 5.64. The fourth-order valence-corrected chi connectivity index (χ4v) is 2.12. The molecule has 2 nitrogen and oxygen atoms in total. The van der Waals surface area contributed by atoms with Crippen molar-refractivity contribution in [3.8, 4) is 0 Å². The fraction of sp³-hybridized carbons (Fsp3) is 0.750. The van der Waals surface area contributed by atoms with Crippen LogP contribution in [-0.4, -0.2) is 21.0 Å². The second-order valence-electron chi connectivity index (χ2n) is 2.94. The lowest BCUT2D eigenvalue weighted by atomic mass is 10.5. The van der Waals surface area contributed by atoms with Gasteiger partial charge in [-0.1, -0.05) is 0 Å². The molecule has 0 fully saturated rings. The minimum absolute atomic E-state index is 0.0850. The Labute approximate surface area is 94.4 Å². The van der Waals surface area contributed by atoms with Crippen LogP contribution in [0.4, 0.5) is 0 Å². The van der Waals surface area contributed by atoms with E-state index in [-0.39, 0.29) is 12.2 Å². The topological polar surface area (TPSA) is 18.5 Å². The Morgan fingerprint density at radius 1 is 0.923 bits per heavy atom. The third-order valence-electron chi connectivity index (χ3n) is 0.831. The summed E-state index contributed by atoms with van der Waals surface area (Å²) in [4.78, 5) is 0. The zero-order valence-electron chi connectivity index (χ0n) is 8.20. The molecule has 0 aromatic rings. The van der Waals surface area contributed by atoms with E-state index in [4.69, 9.17) is 33.9 Å². The molecule has 0 aromatic heterocycles. The largest absolute Gasteiger partial charge is 0.476 e. The van der Waals surface area contributed by atoms with Gasteiger partial charge in [0.25, 0.3) is 0 Å². The number of rotatable bonds is 2. The van der Waals surface area contributed by atoms with E-state index < -0.39 is 0 Å². The number of hydrogen-bond donors (Lipinski definition) is 0. The van der Waals surface area contributed by atoms with E-state index in [0.29, 0.717) is 8.77 Å². The molecule has 0 spiro atoms. The second kappa shape index (κ2) is 6.56. The van der Waals surface area contributed by atoms with Crippen LogP contribution in [0.15, 0.2) is 0 Å². The zero-order chi connectivity index (χ0) is 10.4. The number of thiocarbonyl (C=S) groups is 2. The van der Waals surface area contributed by atoms with Crippen LogP contribution in [0, 0.1) is 0 Å². The van der Waals surface area contributed by atoms with Crippen molar-refractivity contribution in [1.82, 2.24) is 0 Å². The van der Waals surface area contributed by atoms with E-state index in [9.17, 15) is 0 Å². The summed E-state index contributed by atoms with van der Waals surface area (Å²) < 4.78 is 11.3. The Morgan fingerprint density at radius 3 is 1.46 bits per heavy atom. The molecular formula is C8H14O2S3. The molecule has 76 valence electrons. The van der Waals surface area contributed by atoms with Crippen LogP contribution >= 0.6 is 36.2 Å². The summed E-state index contributed by atoms with van der Waals surface area (Å²) in [5.41, 5.74) is 0. The first-order valence-electron chi connectivity index (χ1n) is 4.01. The molecule has 0 aliphatic heterocycles. The lowest BCUT2D eigenvalue weighted by Crippen LogP contribution is -2.11. The van der Waals surface area contributed by atoms with Crippen molar-refractivity contribution in [2.24, 2.45) is 0 Å². The molecule has 0 aromatic carbocycles. The van der Waals surface area contributed by atoms with Crippen LogP contribution in [0.25, 0.3) is 0 Å². The molecule has 0 atom stereocenters. The van der Waals surface area contributed by atoms with E-state index in [2.05, 4.69) is 0 Å². The first kappa shape index (κ1) is 13.1. The molecule has 0 aliphatic rings. The van der Waals surface area contributed by atoms with E-state index in [0.717, 1.165) is 0 Å². The van der Waals surface area contributed by atoms with E-state index in [1.54, 1.807) is 0 Å². The quantitative estimate of drug-likeness (QED) is 0.686. The summed E-state index contributed by atoms with van der Waals surface area (Å²) in [6, 6.07) is 0. The Bertz CT molecular complexity index is 170. The van der Waals surface area contributed by atoms with Gasteiger partial charge in [0.15, 0.2) is 0 Å². The molecule has 0 heterocycles. The molecule has 13 heavy (non-hydrogen) atoms. The Balaban J connectivity index is 3.72. The highest BCUT2D eigenvalue weighted by Gasteiger charge is 2.08.